The fourth-order valence-corrected chi connectivity index (χ4v) is 3.68. The third-order valence-corrected chi connectivity index (χ3v) is 5.27. The highest BCUT2D eigenvalue weighted by atomic mass is 32.1. The number of thiophene rings is 1. The molecule has 3 aromatic heterocycles. The number of carbonyl (C=O) groups is 2. The molecule has 0 radical (unpaired) electrons. The van der Waals surface area contributed by atoms with Crippen molar-refractivity contribution < 1.29 is 14.3 Å². The van der Waals surface area contributed by atoms with Gasteiger partial charge >= 0.3 is 5.97 Å². The number of pyridine rings is 1. The first-order valence-electron chi connectivity index (χ1n) is 8.98. The highest BCUT2D eigenvalue weighted by molar-refractivity contribution is 7.13. The van der Waals surface area contributed by atoms with Crippen LogP contribution in [-0.2, 0) is 0 Å². The molecule has 0 aliphatic carbocycles. The molecular weight excluding hydrogens is 388 g/mol. The van der Waals surface area contributed by atoms with Gasteiger partial charge in [0, 0.05) is 11.6 Å². The lowest BCUT2D eigenvalue weighted by molar-refractivity contribution is 0.0735. The molecule has 146 valence electrons. The quantitative estimate of drug-likeness (QED) is 0.398. The number of ether oxygens (including phenoxy) is 1. The summed E-state index contributed by atoms with van der Waals surface area (Å²) in [4.78, 5) is 30.1. The summed E-state index contributed by atoms with van der Waals surface area (Å²) in [5.41, 5.74) is 7.22. The SMILES string of the molecule is CC(C)n1ncc2c(C(=O)Oc3cccc(C(N)=O)c3)cc(-c3cccs3)nc21. The zero-order valence-corrected chi connectivity index (χ0v) is 16.6. The van der Waals surface area contributed by atoms with Crippen LogP contribution in [-0.4, -0.2) is 26.6 Å². The van der Waals surface area contributed by atoms with Crippen molar-refractivity contribution in [3.8, 4) is 16.3 Å². The van der Waals surface area contributed by atoms with Gasteiger partial charge in [-0.05, 0) is 49.6 Å². The first kappa shape index (κ1) is 18.8. The Labute approximate surface area is 170 Å². The van der Waals surface area contributed by atoms with Crippen LogP contribution in [0.15, 0.2) is 54.0 Å². The van der Waals surface area contributed by atoms with E-state index in [1.165, 1.54) is 17.4 Å². The number of aromatic nitrogens is 3. The number of esters is 1. The summed E-state index contributed by atoms with van der Waals surface area (Å²) < 4.78 is 7.31. The number of nitrogens with zero attached hydrogens (tertiary/aromatic N) is 3. The van der Waals surface area contributed by atoms with E-state index in [1.807, 2.05) is 31.4 Å². The van der Waals surface area contributed by atoms with Crippen molar-refractivity contribution >= 4 is 34.2 Å². The predicted octanol–water partition coefficient (Wildman–Crippen LogP) is 4.06. The van der Waals surface area contributed by atoms with Crippen LogP contribution in [0, 0.1) is 0 Å². The van der Waals surface area contributed by atoms with Crippen molar-refractivity contribution in [2.75, 3.05) is 0 Å². The monoisotopic (exact) mass is 406 g/mol. The number of carbonyl (C=O) groups excluding carboxylic acids is 2. The van der Waals surface area contributed by atoms with Crippen molar-refractivity contribution in [2.45, 2.75) is 19.9 Å². The van der Waals surface area contributed by atoms with Gasteiger partial charge in [0.2, 0.25) is 5.91 Å². The van der Waals surface area contributed by atoms with Gasteiger partial charge in [-0.15, -0.1) is 11.3 Å². The largest absolute Gasteiger partial charge is 0.423 e. The van der Waals surface area contributed by atoms with Crippen LogP contribution >= 0.6 is 11.3 Å². The van der Waals surface area contributed by atoms with E-state index < -0.39 is 11.9 Å². The van der Waals surface area contributed by atoms with Gasteiger partial charge in [0.25, 0.3) is 0 Å². The summed E-state index contributed by atoms with van der Waals surface area (Å²) in [7, 11) is 0. The number of hydrogen-bond donors (Lipinski definition) is 1. The van der Waals surface area contributed by atoms with Crippen molar-refractivity contribution in [1.29, 1.82) is 0 Å². The Morgan fingerprint density at radius 1 is 1.17 bits per heavy atom. The number of benzene rings is 1. The molecule has 8 heteroatoms. The summed E-state index contributed by atoms with van der Waals surface area (Å²) >= 11 is 1.54. The second kappa shape index (κ2) is 7.48. The lowest BCUT2D eigenvalue weighted by Gasteiger charge is -2.10. The van der Waals surface area contributed by atoms with Crippen LogP contribution in [0.25, 0.3) is 21.6 Å². The Morgan fingerprint density at radius 2 is 2.00 bits per heavy atom. The molecule has 0 saturated heterocycles. The number of fused-ring (bicyclic) bond motifs is 1. The van der Waals surface area contributed by atoms with Gasteiger partial charge in [0.15, 0.2) is 5.65 Å². The lowest BCUT2D eigenvalue weighted by Crippen LogP contribution is -2.13. The Balaban J connectivity index is 1.80. The smallest absolute Gasteiger partial charge is 0.344 e. The summed E-state index contributed by atoms with van der Waals surface area (Å²) in [6, 6.07) is 11.9. The number of hydrogen-bond acceptors (Lipinski definition) is 6. The third kappa shape index (κ3) is 3.62. The standard InChI is InChI=1S/C21H18N4O3S/c1-12(2)25-20-16(11-23-25)15(10-17(24-20)18-7-4-8-29-18)21(27)28-14-6-3-5-13(9-14)19(22)26/h3-12H,1-2H3,(H2,22,26). The van der Waals surface area contributed by atoms with Gasteiger partial charge in [-0.25, -0.2) is 14.5 Å². The summed E-state index contributed by atoms with van der Waals surface area (Å²) in [6.45, 7) is 4.00. The molecule has 0 atom stereocenters. The third-order valence-electron chi connectivity index (χ3n) is 4.38. The van der Waals surface area contributed by atoms with Crippen molar-refractivity contribution in [3.63, 3.8) is 0 Å². The molecule has 0 fully saturated rings. The van der Waals surface area contributed by atoms with Gasteiger partial charge in [0.05, 0.1) is 27.7 Å². The van der Waals surface area contributed by atoms with E-state index in [0.29, 0.717) is 22.3 Å². The lowest BCUT2D eigenvalue weighted by atomic mass is 10.1. The number of rotatable bonds is 5. The molecule has 0 aliphatic heterocycles. The average molecular weight is 406 g/mol. The van der Waals surface area contributed by atoms with Gasteiger partial charge in [-0.2, -0.15) is 5.10 Å². The second-order valence-electron chi connectivity index (χ2n) is 6.73. The van der Waals surface area contributed by atoms with Crippen LogP contribution in [0.5, 0.6) is 5.75 Å². The molecule has 4 aromatic rings. The Kier molecular flexibility index (Phi) is 4.85. The maximum absolute atomic E-state index is 13.0. The molecule has 3 heterocycles. The molecular formula is C21H18N4O3S. The van der Waals surface area contributed by atoms with Crippen LogP contribution in [0.1, 0.15) is 40.6 Å². The van der Waals surface area contributed by atoms with E-state index in [9.17, 15) is 9.59 Å². The van der Waals surface area contributed by atoms with Crippen LogP contribution in [0.3, 0.4) is 0 Å². The first-order chi connectivity index (χ1) is 13.9. The zero-order chi connectivity index (χ0) is 20.5. The van der Waals surface area contributed by atoms with Gasteiger partial charge in [0.1, 0.15) is 5.75 Å². The number of primary amides is 1. The Hall–Kier alpha value is -3.52. The molecule has 4 rings (SSSR count). The van der Waals surface area contributed by atoms with E-state index in [4.69, 9.17) is 15.5 Å². The van der Waals surface area contributed by atoms with E-state index in [-0.39, 0.29) is 17.4 Å². The molecule has 29 heavy (non-hydrogen) atoms. The molecule has 2 N–H and O–H groups in total. The zero-order valence-electron chi connectivity index (χ0n) is 15.8. The summed E-state index contributed by atoms with van der Waals surface area (Å²) in [5, 5.41) is 6.95. The minimum Gasteiger partial charge on any atom is -0.423 e. The topological polar surface area (TPSA) is 100 Å². The van der Waals surface area contributed by atoms with Crippen molar-refractivity contribution in [2.24, 2.45) is 5.73 Å². The maximum Gasteiger partial charge on any atom is 0.344 e. The predicted molar refractivity (Wildman–Crippen MR) is 111 cm³/mol. The molecule has 0 bridgehead atoms. The number of nitrogens with two attached hydrogens (primary N) is 1. The molecule has 0 unspecified atom stereocenters. The summed E-state index contributed by atoms with van der Waals surface area (Å²) in [6.07, 6.45) is 1.62. The highest BCUT2D eigenvalue weighted by Gasteiger charge is 2.20. The van der Waals surface area contributed by atoms with Crippen LogP contribution in [0.4, 0.5) is 0 Å². The van der Waals surface area contributed by atoms with Crippen molar-refractivity contribution in [3.05, 3.63) is 65.2 Å². The van der Waals surface area contributed by atoms with E-state index >= 15 is 0 Å². The Morgan fingerprint density at radius 3 is 2.69 bits per heavy atom. The second-order valence-corrected chi connectivity index (χ2v) is 7.68. The molecule has 0 spiro atoms. The molecule has 1 amide bonds. The average Bonchev–Trinajstić information content (AvgIpc) is 3.37. The first-order valence-corrected chi connectivity index (χ1v) is 9.86. The normalized spacial score (nSPS) is 11.1. The molecule has 1 aromatic carbocycles. The Bertz CT molecular complexity index is 1210. The van der Waals surface area contributed by atoms with E-state index in [1.54, 1.807) is 35.1 Å². The number of amides is 1. The molecule has 7 nitrogen and oxygen atoms in total. The molecule has 0 aliphatic rings. The minimum atomic E-state index is -0.590. The van der Waals surface area contributed by atoms with E-state index in [2.05, 4.69) is 5.10 Å². The van der Waals surface area contributed by atoms with Crippen LogP contribution in [0.2, 0.25) is 0 Å². The van der Waals surface area contributed by atoms with Gasteiger partial charge in [-0.3, -0.25) is 4.79 Å². The van der Waals surface area contributed by atoms with Crippen LogP contribution < -0.4 is 10.5 Å². The fraction of sp³-hybridized carbons (Fsp3) is 0.143. The van der Waals surface area contributed by atoms with Crippen molar-refractivity contribution in [1.82, 2.24) is 14.8 Å². The van der Waals surface area contributed by atoms with E-state index in [0.717, 1.165) is 4.88 Å². The maximum atomic E-state index is 13.0. The molecule has 0 saturated carbocycles. The summed E-state index contributed by atoms with van der Waals surface area (Å²) in [5.74, 6) is -0.905. The van der Waals surface area contributed by atoms with Gasteiger partial charge in [-0.1, -0.05) is 12.1 Å². The fourth-order valence-electron chi connectivity index (χ4n) is 2.99. The van der Waals surface area contributed by atoms with Gasteiger partial charge < -0.3 is 10.5 Å². The minimum absolute atomic E-state index is 0.0784. The highest BCUT2D eigenvalue weighted by Crippen LogP contribution is 2.29.